The molecular weight excluding hydrogens is 342 g/mol. The first-order valence-electron chi connectivity index (χ1n) is 8.52. The first kappa shape index (κ1) is 16.6. The molecule has 2 bridgehead atoms. The number of nitrogens with zero attached hydrogens (tertiary/aromatic N) is 1. The van der Waals surface area contributed by atoms with E-state index in [1.807, 2.05) is 32.1 Å². The van der Waals surface area contributed by atoms with Gasteiger partial charge in [0.25, 0.3) is 0 Å². The van der Waals surface area contributed by atoms with Crippen molar-refractivity contribution in [3.63, 3.8) is 0 Å². The number of carbonyl (C=O) groups excluding carboxylic acids is 2. The first-order valence-corrected chi connectivity index (χ1v) is 8.90. The molecule has 2 saturated heterocycles. The van der Waals surface area contributed by atoms with E-state index >= 15 is 0 Å². The molecule has 5 nitrogen and oxygen atoms in total. The molecule has 3 heterocycles. The fraction of sp³-hybridized carbons (Fsp3) is 0.474. The lowest BCUT2D eigenvalue weighted by atomic mass is 9.77. The summed E-state index contributed by atoms with van der Waals surface area (Å²) in [6.07, 6.45) is 3.43. The zero-order valence-corrected chi connectivity index (χ0v) is 14.9. The van der Waals surface area contributed by atoms with Crippen molar-refractivity contribution >= 4 is 29.2 Å². The molecule has 1 amide bonds. The number of hydrogen-bond donors (Lipinski definition) is 0. The predicted octanol–water partition coefficient (Wildman–Crippen LogP) is 2.83. The summed E-state index contributed by atoms with van der Waals surface area (Å²) in [5.41, 5.74) is -0.0259. The molecule has 1 spiro atoms. The van der Waals surface area contributed by atoms with Gasteiger partial charge in [0.05, 0.1) is 25.2 Å². The summed E-state index contributed by atoms with van der Waals surface area (Å²) < 4.78 is 11.5. The Balaban J connectivity index is 1.62. The van der Waals surface area contributed by atoms with Crippen molar-refractivity contribution in [1.29, 1.82) is 0 Å². The number of ether oxygens (including phenoxy) is 2. The van der Waals surface area contributed by atoms with E-state index in [9.17, 15) is 9.59 Å². The van der Waals surface area contributed by atoms with Gasteiger partial charge in [-0.2, -0.15) is 0 Å². The Bertz CT molecular complexity index is 762. The molecule has 25 heavy (non-hydrogen) atoms. The number of hydrogen-bond acceptors (Lipinski definition) is 4. The Morgan fingerprint density at radius 1 is 1.48 bits per heavy atom. The fourth-order valence-electron chi connectivity index (χ4n) is 3.97. The zero-order chi connectivity index (χ0) is 17.8. The second-order valence-corrected chi connectivity index (χ2v) is 7.76. The Morgan fingerprint density at radius 3 is 3.00 bits per heavy atom. The highest BCUT2D eigenvalue weighted by atomic mass is 35.5. The van der Waals surface area contributed by atoms with Crippen molar-refractivity contribution in [3.05, 3.63) is 41.4 Å². The Hall–Kier alpha value is -1.85. The molecule has 1 aromatic rings. The molecule has 4 atom stereocenters. The van der Waals surface area contributed by atoms with Crippen LogP contribution in [0.1, 0.15) is 13.8 Å². The van der Waals surface area contributed by atoms with E-state index in [2.05, 4.69) is 0 Å². The molecule has 0 unspecified atom stereocenters. The van der Waals surface area contributed by atoms with Gasteiger partial charge in [0, 0.05) is 10.7 Å². The molecule has 3 aliphatic rings. The molecule has 0 N–H and O–H groups in total. The van der Waals surface area contributed by atoms with Crippen molar-refractivity contribution in [2.75, 3.05) is 18.1 Å². The van der Waals surface area contributed by atoms with E-state index in [0.29, 0.717) is 18.2 Å². The van der Waals surface area contributed by atoms with E-state index < -0.39 is 17.4 Å². The minimum atomic E-state index is -0.744. The van der Waals surface area contributed by atoms with Crippen molar-refractivity contribution in [1.82, 2.24) is 0 Å². The van der Waals surface area contributed by atoms with Crippen LogP contribution in [0.15, 0.2) is 36.4 Å². The van der Waals surface area contributed by atoms with Gasteiger partial charge >= 0.3 is 5.97 Å². The third-order valence-electron chi connectivity index (χ3n) is 5.05. The number of fused-ring (bicyclic) bond motifs is 1. The summed E-state index contributed by atoms with van der Waals surface area (Å²) in [6, 6.07) is 7.15. The molecule has 1 aromatic carbocycles. The highest BCUT2D eigenvalue weighted by molar-refractivity contribution is 6.31. The Labute approximate surface area is 151 Å². The maximum Gasteiger partial charge on any atom is 0.312 e. The van der Waals surface area contributed by atoms with E-state index in [-0.39, 0.29) is 23.9 Å². The highest BCUT2D eigenvalue weighted by Crippen LogP contribution is 2.53. The smallest absolute Gasteiger partial charge is 0.312 e. The van der Waals surface area contributed by atoms with Gasteiger partial charge in [-0.15, -0.1) is 0 Å². The van der Waals surface area contributed by atoms with Crippen molar-refractivity contribution in [2.24, 2.45) is 17.8 Å². The molecule has 0 aliphatic carbocycles. The van der Waals surface area contributed by atoms with Gasteiger partial charge < -0.3 is 14.4 Å². The third kappa shape index (κ3) is 2.57. The van der Waals surface area contributed by atoms with E-state index in [4.69, 9.17) is 21.1 Å². The molecule has 3 aliphatic heterocycles. The normalized spacial score (nSPS) is 32.6. The molecule has 6 heteroatoms. The number of carbonyl (C=O) groups is 2. The van der Waals surface area contributed by atoms with Gasteiger partial charge in [-0.3, -0.25) is 9.59 Å². The molecule has 2 fully saturated rings. The lowest BCUT2D eigenvalue weighted by molar-refractivity contribution is -0.153. The average molecular weight is 362 g/mol. The lowest BCUT2D eigenvalue weighted by Gasteiger charge is -2.23. The minimum absolute atomic E-state index is 0.111. The SMILES string of the molecule is CC(C)COC(=O)[C@H]1[C@H]2C=C[C@@]3(CN(c4cccc(Cl)c4)C(=O)[C@@H]13)O2. The standard InChI is InChI=1S/C19H20ClNO4/c1-11(2)9-24-18(23)15-14-6-7-19(25-14)10-21(17(22)16(15)19)13-5-3-4-12(20)8-13/h3-8,11,14-16H,9-10H2,1-2H3/t14-,15+,16-,19+/m1/s1. The number of esters is 1. The zero-order valence-electron chi connectivity index (χ0n) is 14.1. The molecule has 0 aromatic heterocycles. The second kappa shape index (κ2) is 5.85. The van der Waals surface area contributed by atoms with Crippen LogP contribution in [0.3, 0.4) is 0 Å². The maximum absolute atomic E-state index is 13.1. The molecular formula is C19H20ClNO4. The summed E-state index contributed by atoms with van der Waals surface area (Å²) in [5, 5.41) is 0.563. The number of benzene rings is 1. The number of amides is 1. The number of anilines is 1. The maximum atomic E-state index is 13.1. The first-order chi connectivity index (χ1) is 11.9. The topological polar surface area (TPSA) is 55.8 Å². The monoisotopic (exact) mass is 361 g/mol. The van der Waals surface area contributed by atoms with Gasteiger partial charge in [-0.1, -0.05) is 43.7 Å². The summed E-state index contributed by atoms with van der Waals surface area (Å²) in [6.45, 7) is 4.69. The highest BCUT2D eigenvalue weighted by Gasteiger charge is 2.67. The van der Waals surface area contributed by atoms with Crippen LogP contribution >= 0.6 is 11.6 Å². The fourth-order valence-corrected chi connectivity index (χ4v) is 4.16. The van der Waals surface area contributed by atoms with Gasteiger partial charge in [-0.05, 0) is 24.1 Å². The van der Waals surface area contributed by atoms with Crippen LogP contribution in [-0.4, -0.2) is 36.7 Å². The van der Waals surface area contributed by atoms with Crippen LogP contribution in [0.2, 0.25) is 5.02 Å². The largest absolute Gasteiger partial charge is 0.465 e. The molecule has 0 saturated carbocycles. The molecule has 0 radical (unpaired) electrons. The molecule has 4 rings (SSSR count). The van der Waals surface area contributed by atoms with Gasteiger partial charge in [0.2, 0.25) is 5.91 Å². The summed E-state index contributed by atoms with van der Waals surface area (Å²) in [7, 11) is 0. The summed E-state index contributed by atoms with van der Waals surface area (Å²) >= 11 is 6.06. The van der Waals surface area contributed by atoms with Gasteiger partial charge in [0.1, 0.15) is 11.5 Å². The third-order valence-corrected chi connectivity index (χ3v) is 5.29. The van der Waals surface area contributed by atoms with Crippen molar-refractivity contribution < 1.29 is 19.1 Å². The van der Waals surface area contributed by atoms with Crippen LogP contribution in [-0.2, 0) is 19.1 Å². The van der Waals surface area contributed by atoms with Gasteiger partial charge in [-0.25, -0.2) is 0 Å². The molecule has 132 valence electrons. The van der Waals surface area contributed by atoms with E-state index in [1.165, 1.54) is 0 Å². The quantitative estimate of drug-likeness (QED) is 0.611. The second-order valence-electron chi connectivity index (χ2n) is 7.33. The van der Waals surface area contributed by atoms with E-state index in [1.54, 1.807) is 23.1 Å². The number of rotatable bonds is 4. The van der Waals surface area contributed by atoms with Crippen LogP contribution in [0.4, 0.5) is 5.69 Å². The van der Waals surface area contributed by atoms with Gasteiger partial charge in [0.15, 0.2) is 0 Å². The van der Waals surface area contributed by atoms with E-state index in [0.717, 1.165) is 5.69 Å². The van der Waals surface area contributed by atoms with Crippen LogP contribution in [0, 0.1) is 17.8 Å². The summed E-state index contributed by atoms with van der Waals surface area (Å²) in [4.78, 5) is 27.3. The average Bonchev–Trinajstić information content (AvgIpc) is 3.21. The van der Waals surface area contributed by atoms with Crippen LogP contribution in [0.5, 0.6) is 0 Å². The predicted molar refractivity (Wildman–Crippen MR) is 93.3 cm³/mol. The Kier molecular flexibility index (Phi) is 3.89. The minimum Gasteiger partial charge on any atom is -0.465 e. The van der Waals surface area contributed by atoms with Crippen LogP contribution in [0.25, 0.3) is 0 Å². The van der Waals surface area contributed by atoms with Crippen molar-refractivity contribution in [2.45, 2.75) is 25.6 Å². The van der Waals surface area contributed by atoms with Crippen molar-refractivity contribution in [3.8, 4) is 0 Å². The lowest BCUT2D eigenvalue weighted by Crippen LogP contribution is -2.40. The number of halogens is 1. The van der Waals surface area contributed by atoms with Crippen LogP contribution < -0.4 is 4.90 Å². The Morgan fingerprint density at radius 2 is 2.28 bits per heavy atom. The summed E-state index contributed by atoms with van der Waals surface area (Å²) in [5.74, 6) is -1.34.